The van der Waals surface area contributed by atoms with Crippen LogP contribution in [0.4, 0.5) is 13.2 Å². The van der Waals surface area contributed by atoms with Crippen molar-refractivity contribution in [2.75, 3.05) is 0 Å². The fourth-order valence-electron chi connectivity index (χ4n) is 9.43. The Kier molecular flexibility index (Phi) is 14.0. The molecule has 0 atom stereocenters. The predicted octanol–water partition coefficient (Wildman–Crippen LogP) is 17.8. The second kappa shape index (κ2) is 21.0. The summed E-state index contributed by atoms with van der Waals surface area (Å²) < 4.78 is 42.9. The molecule has 0 spiro atoms. The van der Waals surface area contributed by atoms with Gasteiger partial charge in [-0.25, -0.2) is 0 Å². The maximum atomic E-state index is 14.3. The number of rotatable bonds is 11. The number of aromatic nitrogens is 3. The zero-order chi connectivity index (χ0) is 49.9. The Morgan fingerprint density at radius 1 is 0.324 bits per heavy atom. The van der Waals surface area contributed by atoms with Crippen LogP contribution in [0.3, 0.4) is 0 Å². The first-order valence-corrected chi connectivity index (χ1v) is 24.0. The number of hydrogen-bond donors (Lipinski definition) is 0. The smallest absolute Gasteiger partial charge is 0.305 e. The van der Waals surface area contributed by atoms with Crippen LogP contribution >= 0.6 is 0 Å². The minimum Gasteiger partial charge on any atom is -0.305 e. The van der Waals surface area contributed by atoms with Crippen molar-refractivity contribution in [2.24, 2.45) is 0 Å². The summed E-state index contributed by atoms with van der Waals surface area (Å²) in [6.07, 6.45) is 0.583. The zero-order valence-corrected chi connectivity index (χ0v) is 42.7. The van der Waals surface area contributed by atoms with Crippen LogP contribution < -0.4 is 0 Å². The van der Waals surface area contributed by atoms with E-state index in [0.29, 0.717) is 11.3 Å². The molecule has 74 heavy (non-hydrogen) atoms. The van der Waals surface area contributed by atoms with Crippen LogP contribution in [0.2, 0.25) is 0 Å². The van der Waals surface area contributed by atoms with Crippen molar-refractivity contribution in [3.05, 3.63) is 261 Å². The molecule has 0 fully saturated rings. The molecule has 8 aromatic carbocycles. The Hall–Kier alpha value is -8.35. The summed E-state index contributed by atoms with van der Waals surface area (Å²) in [4.78, 5) is 13.7. The van der Waals surface area contributed by atoms with Gasteiger partial charge < -0.3 is 15.0 Å². The van der Waals surface area contributed by atoms with Gasteiger partial charge in [-0.2, -0.15) is 13.2 Å². The van der Waals surface area contributed by atoms with Gasteiger partial charge in [-0.1, -0.05) is 172 Å². The van der Waals surface area contributed by atoms with E-state index in [1.54, 1.807) is 12.4 Å². The Morgan fingerprint density at radius 2 is 0.757 bits per heavy atom. The van der Waals surface area contributed by atoms with Crippen molar-refractivity contribution < 1.29 is 33.3 Å². The minimum absolute atomic E-state index is 0. The zero-order valence-electron chi connectivity index (χ0n) is 40.3. The quantitative estimate of drug-likeness (QED) is 0.121. The van der Waals surface area contributed by atoms with E-state index in [-0.39, 0.29) is 25.7 Å². The first-order valence-electron chi connectivity index (χ1n) is 24.0. The maximum absolute atomic E-state index is 14.3. The molecule has 3 heterocycles. The summed E-state index contributed by atoms with van der Waals surface area (Å²) >= 11 is 0. The number of halogens is 3. The topological polar surface area (TPSA) is 38.7 Å². The van der Waals surface area contributed by atoms with Crippen molar-refractivity contribution in [3.8, 4) is 112 Å². The monoisotopic (exact) mass is 1140 g/mol. The molecule has 3 nitrogen and oxygen atoms in total. The molecule has 0 saturated carbocycles. The second-order valence-electron chi connectivity index (χ2n) is 18.4. The third-order valence-electron chi connectivity index (χ3n) is 13.6. The number of hydrogen-bond acceptors (Lipinski definition) is 3. The van der Waals surface area contributed by atoms with Crippen LogP contribution in [0.15, 0.2) is 237 Å². The molecular weight excluding hydrogens is 1100 g/mol. The second-order valence-corrected chi connectivity index (χ2v) is 18.4. The van der Waals surface area contributed by atoms with E-state index in [2.05, 4.69) is 154 Å². The van der Waals surface area contributed by atoms with Crippen molar-refractivity contribution in [2.45, 2.75) is 25.4 Å². The summed E-state index contributed by atoms with van der Waals surface area (Å²) in [6.45, 7) is 2.39. The van der Waals surface area contributed by atoms with Gasteiger partial charge in [0.1, 0.15) is 0 Å². The molecule has 0 saturated heterocycles. The van der Waals surface area contributed by atoms with E-state index < -0.39 is 11.6 Å². The molecule has 0 aliphatic heterocycles. The molecule has 0 unspecified atom stereocenters. The molecule has 0 bridgehead atoms. The summed E-state index contributed by atoms with van der Waals surface area (Å²) in [7, 11) is 0. The molecule has 0 aliphatic carbocycles. The Morgan fingerprint density at radius 3 is 1.22 bits per heavy atom. The minimum atomic E-state index is -4.45. The van der Waals surface area contributed by atoms with E-state index in [4.69, 9.17) is 0 Å². The first kappa shape index (κ1) is 49.2. The van der Waals surface area contributed by atoms with Gasteiger partial charge in [0.2, 0.25) is 0 Å². The number of alkyl halides is 3. The maximum Gasteiger partial charge on any atom is 3.00 e. The Labute approximate surface area is 443 Å². The van der Waals surface area contributed by atoms with Gasteiger partial charge in [-0.3, -0.25) is 0 Å². The Balaban J connectivity index is 0.00000626. The van der Waals surface area contributed by atoms with Gasteiger partial charge in [-0.15, -0.1) is 83.4 Å². The molecule has 0 N–H and O–H groups in total. The van der Waals surface area contributed by atoms with Crippen LogP contribution in [0.5, 0.6) is 0 Å². The van der Waals surface area contributed by atoms with Crippen molar-refractivity contribution in [1.82, 2.24) is 15.0 Å². The fraction of sp³-hybridized carbons (Fsp3) is 0.0597. The number of pyridine rings is 3. The average Bonchev–Trinajstić information content (AvgIpc) is 3.45. The van der Waals surface area contributed by atoms with Gasteiger partial charge in [0.15, 0.2) is 0 Å². The standard InChI is InChI=1S/C67H45F3N3.Ir/c1-66(2,67(68,69)70)54-36-39-73-65(44-54)50-34-35-61(62(43-50)45-16-4-3-5-17-45)60-23-11-10-22-59(60)53-41-51(57-20-8-6-18-55(57)46-26-30-48(31-27-46)63-24-12-14-37-71-63)40-52(42-53)58-21-9-7-19-56(58)47-28-32-49(33-29-47)64-25-13-15-38-72-64;/h3-30,32,35-44H,1-2H3;/q-3;+3. The predicted molar refractivity (Wildman–Crippen MR) is 290 cm³/mol. The summed E-state index contributed by atoms with van der Waals surface area (Å²) in [5.74, 6) is 0. The molecule has 7 heteroatoms. The van der Waals surface area contributed by atoms with Gasteiger partial charge in [-0.05, 0) is 112 Å². The van der Waals surface area contributed by atoms with Crippen molar-refractivity contribution >= 4 is 0 Å². The average molecular weight is 1140 g/mol. The third kappa shape index (κ3) is 9.93. The summed E-state index contributed by atoms with van der Waals surface area (Å²) in [5.41, 5.74) is 16.6. The molecule has 0 amide bonds. The van der Waals surface area contributed by atoms with E-state index in [1.807, 2.05) is 84.9 Å². The molecule has 3 aromatic heterocycles. The van der Waals surface area contributed by atoms with Crippen LogP contribution in [0.1, 0.15) is 19.4 Å². The van der Waals surface area contributed by atoms with E-state index in [0.717, 1.165) is 100 Å². The fourth-order valence-corrected chi connectivity index (χ4v) is 9.43. The van der Waals surface area contributed by atoms with E-state index >= 15 is 0 Å². The van der Waals surface area contributed by atoms with Gasteiger partial charge in [0.05, 0.1) is 5.41 Å². The van der Waals surface area contributed by atoms with Crippen LogP contribution in [-0.2, 0) is 25.5 Å². The van der Waals surface area contributed by atoms with Crippen LogP contribution in [0, 0.1) is 18.2 Å². The summed E-state index contributed by atoms with van der Waals surface area (Å²) in [6, 6.07) is 83.8. The van der Waals surface area contributed by atoms with Gasteiger partial charge in [0.25, 0.3) is 0 Å². The normalized spacial score (nSPS) is 11.5. The largest absolute Gasteiger partial charge is 3.00 e. The van der Waals surface area contributed by atoms with E-state index in [9.17, 15) is 13.2 Å². The number of benzene rings is 8. The molecule has 0 radical (unpaired) electrons. The molecule has 11 aromatic rings. The Bertz CT molecular complexity index is 3580. The first-order chi connectivity index (χ1) is 35.6. The molecule has 11 rings (SSSR count). The van der Waals surface area contributed by atoms with Crippen LogP contribution in [-0.4, -0.2) is 21.1 Å². The SMILES string of the molecule is CC(C)(c1ccnc(-c2[c-]cc(-c3ccccc3-c3cc(-c4ccccc4-c4c[c-]c(-c5ccccn5)cc4)cc(-c4ccccc4-c4c[c-]c(-c5ccccn5)cc4)c3)c(-c3ccccc3)c2)c1)C(F)(F)F.[Ir+3]. The molecular formula is C67H45F3IrN3. The molecule has 358 valence electrons. The van der Waals surface area contributed by atoms with Gasteiger partial charge >= 0.3 is 26.3 Å². The van der Waals surface area contributed by atoms with Gasteiger partial charge in [0, 0.05) is 18.6 Å². The molecule has 0 aliphatic rings. The number of nitrogens with zero attached hydrogens (tertiary/aromatic N) is 3. The van der Waals surface area contributed by atoms with Crippen molar-refractivity contribution in [1.29, 1.82) is 0 Å². The van der Waals surface area contributed by atoms with E-state index in [1.165, 1.54) is 32.2 Å². The van der Waals surface area contributed by atoms with Crippen molar-refractivity contribution in [3.63, 3.8) is 0 Å². The van der Waals surface area contributed by atoms with Crippen LogP contribution in [0.25, 0.3) is 112 Å². The third-order valence-corrected chi connectivity index (χ3v) is 13.6. The summed E-state index contributed by atoms with van der Waals surface area (Å²) in [5, 5.41) is 0.